The van der Waals surface area contributed by atoms with Gasteiger partial charge in [0.2, 0.25) is 17.8 Å². The van der Waals surface area contributed by atoms with E-state index in [9.17, 15) is 9.59 Å². The van der Waals surface area contributed by atoms with E-state index in [-0.39, 0.29) is 44.0 Å². The van der Waals surface area contributed by atoms with Crippen molar-refractivity contribution in [3.8, 4) is 11.3 Å². The number of ether oxygens (including phenoxy) is 1. The first kappa shape index (κ1) is 39.2. The van der Waals surface area contributed by atoms with Crippen molar-refractivity contribution >= 4 is 57.7 Å². The van der Waals surface area contributed by atoms with E-state index in [0.29, 0.717) is 90.4 Å². The van der Waals surface area contributed by atoms with Crippen LogP contribution in [0.4, 0.5) is 23.7 Å². The van der Waals surface area contributed by atoms with Crippen molar-refractivity contribution in [3.63, 3.8) is 0 Å². The van der Waals surface area contributed by atoms with Crippen molar-refractivity contribution in [2.24, 2.45) is 5.73 Å². The number of nitrogen functional groups attached to an aromatic ring is 2. The Kier molecular flexibility index (Phi) is 11.0. The number of anilines is 4. The maximum Gasteiger partial charge on any atom is 0.292 e. The van der Waals surface area contributed by atoms with Crippen molar-refractivity contribution in [2.75, 3.05) is 73.7 Å². The number of carbonyl (C=O) groups excluding carboxylic acids is 2. The number of nitrogens with one attached hydrogen (secondary N) is 1. The number of benzene rings is 2. The molecule has 0 unspecified atom stereocenters. The fraction of sp³-hybridized carbons (Fsp3) is 0.317. The van der Waals surface area contributed by atoms with E-state index < -0.39 is 0 Å². The van der Waals surface area contributed by atoms with Gasteiger partial charge >= 0.3 is 0 Å². The average molecular weight is 825 g/mol. The Morgan fingerprint density at radius 1 is 0.820 bits per heavy atom. The molecule has 1 saturated heterocycles. The van der Waals surface area contributed by atoms with Gasteiger partial charge in [0.05, 0.1) is 37.1 Å². The van der Waals surface area contributed by atoms with Crippen LogP contribution in [-0.2, 0) is 35.6 Å². The van der Waals surface area contributed by atoms with Gasteiger partial charge < -0.3 is 46.4 Å². The molecule has 20 nitrogen and oxygen atoms in total. The van der Waals surface area contributed by atoms with Gasteiger partial charge in [-0.1, -0.05) is 18.2 Å². The zero-order chi connectivity index (χ0) is 41.9. The second kappa shape index (κ2) is 17.1. The highest BCUT2D eigenvalue weighted by Crippen LogP contribution is 2.33. The Balaban J connectivity index is 0.714. The van der Waals surface area contributed by atoms with Crippen LogP contribution in [0, 0.1) is 0 Å². The lowest BCUT2D eigenvalue weighted by atomic mass is 9.97. The topological polar surface area (TPSA) is 264 Å². The normalized spacial score (nSPS) is 14.1. The molecule has 20 heteroatoms. The highest BCUT2D eigenvalue weighted by molar-refractivity contribution is 5.99. The Bertz CT molecular complexity index is 2690. The predicted octanol–water partition coefficient (Wildman–Crippen LogP) is 1.93. The minimum atomic E-state index is -0.293. The molecule has 2 aliphatic heterocycles. The Morgan fingerprint density at radius 2 is 1.57 bits per heavy atom. The highest BCUT2D eigenvalue weighted by atomic mass is 16.5. The average Bonchev–Trinajstić information content (AvgIpc) is 3.86. The largest absolute Gasteiger partial charge is 0.424 e. The van der Waals surface area contributed by atoms with Crippen LogP contribution < -0.4 is 32.3 Å². The second-order valence-corrected chi connectivity index (χ2v) is 14.8. The number of nitrogens with two attached hydrogens (primary N) is 3. The van der Waals surface area contributed by atoms with Crippen LogP contribution >= 0.6 is 0 Å². The highest BCUT2D eigenvalue weighted by Gasteiger charge is 2.24. The lowest BCUT2D eigenvalue weighted by Gasteiger charge is -2.34. The van der Waals surface area contributed by atoms with Gasteiger partial charge in [0.15, 0.2) is 11.2 Å². The molecular formula is C41H44N16O4. The van der Waals surface area contributed by atoms with Gasteiger partial charge in [-0.25, -0.2) is 34.6 Å². The molecule has 0 aliphatic carbocycles. The third-order valence-corrected chi connectivity index (χ3v) is 10.9. The zero-order valence-electron chi connectivity index (χ0n) is 33.3. The number of hydrogen-bond donors (Lipinski definition) is 4. The monoisotopic (exact) mass is 824 g/mol. The van der Waals surface area contributed by atoms with Crippen LogP contribution in [0.2, 0.25) is 0 Å². The maximum absolute atomic E-state index is 13.1. The minimum Gasteiger partial charge on any atom is -0.424 e. The summed E-state index contributed by atoms with van der Waals surface area (Å²) >= 11 is 0. The third kappa shape index (κ3) is 8.43. The van der Waals surface area contributed by atoms with Crippen molar-refractivity contribution in [3.05, 3.63) is 95.3 Å². The van der Waals surface area contributed by atoms with Crippen LogP contribution in [0.25, 0.3) is 33.4 Å². The molecule has 61 heavy (non-hydrogen) atoms. The van der Waals surface area contributed by atoms with Crippen LogP contribution in [-0.4, -0.2) is 114 Å². The summed E-state index contributed by atoms with van der Waals surface area (Å²) in [6.45, 7) is 5.63. The summed E-state index contributed by atoms with van der Waals surface area (Å²) in [6, 6.07) is 11.9. The molecule has 5 aromatic heterocycles. The van der Waals surface area contributed by atoms with Gasteiger partial charge in [0.25, 0.3) is 11.9 Å². The lowest BCUT2D eigenvalue weighted by Crippen LogP contribution is -2.47. The first-order chi connectivity index (χ1) is 29.8. The molecule has 2 amide bonds. The number of hydrogen-bond acceptors (Lipinski definition) is 17. The van der Waals surface area contributed by atoms with Crippen molar-refractivity contribution in [1.82, 2.24) is 54.9 Å². The zero-order valence-corrected chi connectivity index (χ0v) is 33.3. The summed E-state index contributed by atoms with van der Waals surface area (Å²) in [4.78, 5) is 62.6. The van der Waals surface area contributed by atoms with E-state index in [2.05, 4.69) is 68.2 Å². The number of amides is 2. The summed E-state index contributed by atoms with van der Waals surface area (Å²) in [5, 5.41) is 8.41. The quantitative estimate of drug-likeness (QED) is 0.121. The molecule has 2 aromatic carbocycles. The van der Waals surface area contributed by atoms with Gasteiger partial charge in [-0.05, 0) is 41.3 Å². The van der Waals surface area contributed by atoms with Crippen molar-refractivity contribution in [2.45, 2.75) is 32.5 Å². The van der Waals surface area contributed by atoms with Gasteiger partial charge in [-0.3, -0.25) is 9.59 Å². The van der Waals surface area contributed by atoms with Crippen LogP contribution in [0.15, 0.2) is 71.9 Å². The number of rotatable bonds is 13. The smallest absolute Gasteiger partial charge is 0.292 e. The van der Waals surface area contributed by atoms with E-state index in [4.69, 9.17) is 31.5 Å². The number of fused-ring (bicyclic) bond motifs is 3. The number of aromatic nitrogens is 9. The van der Waals surface area contributed by atoms with Gasteiger partial charge in [0, 0.05) is 88.3 Å². The Hall–Kier alpha value is -7.32. The fourth-order valence-corrected chi connectivity index (χ4v) is 7.61. The molecule has 0 atom stereocenters. The number of nitrogens with zero attached hydrogens (tertiary/aromatic N) is 12. The Labute approximate surface area is 349 Å². The second-order valence-electron chi connectivity index (χ2n) is 14.8. The summed E-state index contributed by atoms with van der Waals surface area (Å²) in [6.07, 6.45) is 8.96. The molecule has 9 rings (SSSR count). The summed E-state index contributed by atoms with van der Waals surface area (Å²) in [5.74, 6) is 1.29. The number of oxazole rings is 1. The Morgan fingerprint density at radius 3 is 2.33 bits per heavy atom. The minimum absolute atomic E-state index is 0.0197. The molecule has 2 aliphatic rings. The van der Waals surface area contributed by atoms with Gasteiger partial charge in [0.1, 0.15) is 23.4 Å². The van der Waals surface area contributed by atoms with E-state index in [1.807, 2.05) is 21.7 Å². The first-order valence-corrected chi connectivity index (χ1v) is 20.0. The molecule has 0 radical (unpaired) electrons. The molecular weight excluding hydrogens is 781 g/mol. The summed E-state index contributed by atoms with van der Waals surface area (Å²) in [7, 11) is 0. The molecule has 1 fully saturated rings. The van der Waals surface area contributed by atoms with Crippen LogP contribution in [0.1, 0.15) is 39.0 Å². The standard InChI is InChI=1S/C41H44N16O4/c42-17-26-18-46-40(47-19-26)54-9-11-55(12-10-54)41-48-20-30(21-49-41)38(59)45-7-14-60-13-6-33(58)56-8-5-27-15-25(1-2-29(27)23-56)22-57-37-34(36(43)50-24-51-37)35(53-57)28-3-4-32-31(16-28)52-39(44)61-32/h1-4,15-16,18-21,24H,5-14,17,22-23,42H2,(H2,44,52)(H,45,59)(H2,43,50,51). The van der Waals surface area contributed by atoms with Gasteiger partial charge in [-0.2, -0.15) is 10.1 Å². The predicted molar refractivity (Wildman–Crippen MR) is 226 cm³/mol. The molecule has 7 heterocycles. The van der Waals surface area contributed by atoms with E-state index in [1.165, 1.54) is 24.3 Å². The SMILES string of the molecule is NCc1cnc(N2CCN(c3ncc(C(=O)NCCOCCC(=O)N4CCc5cc(Cn6nc(-c7ccc8oc(N)nc8c7)c7c(N)ncnc76)ccc5C4)cn3)CC2)nc1. The molecule has 0 bridgehead atoms. The summed E-state index contributed by atoms with van der Waals surface area (Å²) in [5.41, 5.74) is 25.6. The van der Waals surface area contributed by atoms with Crippen LogP contribution in [0.5, 0.6) is 0 Å². The van der Waals surface area contributed by atoms with Crippen molar-refractivity contribution in [1.29, 1.82) is 0 Å². The van der Waals surface area contributed by atoms with Crippen LogP contribution in [0.3, 0.4) is 0 Å². The van der Waals surface area contributed by atoms with E-state index in [1.54, 1.807) is 18.5 Å². The van der Waals surface area contributed by atoms with Gasteiger partial charge in [-0.15, -0.1) is 0 Å². The fourth-order valence-electron chi connectivity index (χ4n) is 7.61. The molecule has 0 saturated carbocycles. The number of piperazine rings is 1. The van der Waals surface area contributed by atoms with E-state index >= 15 is 0 Å². The van der Waals surface area contributed by atoms with Crippen molar-refractivity contribution < 1.29 is 18.7 Å². The maximum atomic E-state index is 13.1. The number of carbonyl (C=O) groups is 2. The van der Waals surface area contributed by atoms with E-state index in [0.717, 1.165) is 41.8 Å². The molecule has 7 N–H and O–H groups in total. The molecule has 7 aromatic rings. The molecule has 312 valence electrons. The lowest BCUT2D eigenvalue weighted by molar-refractivity contribution is -0.133. The first-order valence-electron chi connectivity index (χ1n) is 20.0. The molecule has 0 spiro atoms. The summed E-state index contributed by atoms with van der Waals surface area (Å²) < 4.78 is 13.0. The third-order valence-electron chi connectivity index (χ3n) is 10.9.